The SMILES string of the molecule is CC1CC(n2c(C(C)(C)C)cc3ccc(C(C)(C)C)cc32)C1. The summed E-state index contributed by atoms with van der Waals surface area (Å²) in [6, 6.07) is 10.2. The number of benzene rings is 1. The van der Waals surface area contributed by atoms with Gasteiger partial charge in [-0.15, -0.1) is 0 Å². The summed E-state index contributed by atoms with van der Waals surface area (Å²) in [7, 11) is 0. The summed E-state index contributed by atoms with van der Waals surface area (Å²) in [6.45, 7) is 16.3. The highest BCUT2D eigenvalue weighted by molar-refractivity contribution is 5.83. The molecule has 0 spiro atoms. The van der Waals surface area contributed by atoms with Gasteiger partial charge in [-0.25, -0.2) is 0 Å². The van der Waals surface area contributed by atoms with Gasteiger partial charge in [-0.3, -0.25) is 0 Å². The van der Waals surface area contributed by atoms with Crippen LogP contribution in [0.4, 0.5) is 0 Å². The van der Waals surface area contributed by atoms with Crippen LogP contribution >= 0.6 is 0 Å². The molecule has 1 saturated carbocycles. The van der Waals surface area contributed by atoms with Crippen LogP contribution < -0.4 is 0 Å². The van der Waals surface area contributed by atoms with Crippen molar-refractivity contribution in [3.05, 3.63) is 35.5 Å². The summed E-state index contributed by atoms with van der Waals surface area (Å²) in [5.74, 6) is 0.876. The van der Waals surface area contributed by atoms with Gasteiger partial charge in [0.1, 0.15) is 0 Å². The Morgan fingerprint density at radius 1 is 0.909 bits per heavy atom. The lowest BCUT2D eigenvalue weighted by Crippen LogP contribution is -2.29. The standard InChI is InChI=1S/C21H31N/c1-14-10-17(11-14)22-18-13-16(20(2,3)4)9-8-15(18)12-19(22)21(5,6)7/h8-9,12-14,17H,10-11H2,1-7H3. The number of fused-ring (bicyclic) bond motifs is 1. The molecule has 120 valence electrons. The Hall–Kier alpha value is -1.24. The highest BCUT2D eigenvalue weighted by atomic mass is 15.0. The molecule has 1 aliphatic carbocycles. The molecule has 1 aromatic carbocycles. The van der Waals surface area contributed by atoms with E-state index in [9.17, 15) is 0 Å². The number of hydrogen-bond donors (Lipinski definition) is 0. The van der Waals surface area contributed by atoms with E-state index in [-0.39, 0.29) is 10.8 Å². The minimum atomic E-state index is 0.194. The molecule has 1 fully saturated rings. The Morgan fingerprint density at radius 3 is 2.05 bits per heavy atom. The predicted molar refractivity (Wildman–Crippen MR) is 96.8 cm³/mol. The summed E-state index contributed by atoms with van der Waals surface area (Å²) < 4.78 is 2.66. The van der Waals surface area contributed by atoms with Crippen molar-refractivity contribution >= 4 is 10.9 Å². The Bertz CT molecular complexity index is 685. The molecule has 1 aliphatic rings. The molecule has 1 heteroatoms. The van der Waals surface area contributed by atoms with Crippen molar-refractivity contribution in [1.82, 2.24) is 4.57 Å². The second kappa shape index (κ2) is 4.88. The third-order valence-electron chi connectivity index (χ3n) is 5.19. The van der Waals surface area contributed by atoms with Crippen LogP contribution in [0.5, 0.6) is 0 Å². The monoisotopic (exact) mass is 297 g/mol. The van der Waals surface area contributed by atoms with Crippen molar-refractivity contribution < 1.29 is 0 Å². The third-order valence-corrected chi connectivity index (χ3v) is 5.19. The molecule has 1 aromatic heterocycles. The molecule has 0 atom stereocenters. The second-order valence-electron chi connectivity index (χ2n) is 9.40. The summed E-state index contributed by atoms with van der Waals surface area (Å²) in [6.07, 6.45) is 2.65. The quantitative estimate of drug-likeness (QED) is 0.590. The molecule has 3 rings (SSSR count). The van der Waals surface area contributed by atoms with Gasteiger partial charge in [0.2, 0.25) is 0 Å². The summed E-state index contributed by atoms with van der Waals surface area (Å²) >= 11 is 0. The van der Waals surface area contributed by atoms with E-state index in [0.29, 0.717) is 6.04 Å². The first kappa shape index (κ1) is 15.6. The molecular formula is C21H31N. The predicted octanol–water partition coefficient (Wildman–Crippen LogP) is 6.21. The van der Waals surface area contributed by atoms with Gasteiger partial charge in [0, 0.05) is 22.7 Å². The zero-order valence-corrected chi connectivity index (χ0v) is 15.3. The summed E-state index contributed by atoms with van der Waals surface area (Å²) in [5, 5.41) is 1.40. The maximum absolute atomic E-state index is 2.66. The van der Waals surface area contributed by atoms with Gasteiger partial charge < -0.3 is 4.57 Å². The van der Waals surface area contributed by atoms with E-state index in [4.69, 9.17) is 0 Å². The molecule has 0 N–H and O–H groups in total. The van der Waals surface area contributed by atoms with Gasteiger partial charge in [0.25, 0.3) is 0 Å². The van der Waals surface area contributed by atoms with Gasteiger partial charge >= 0.3 is 0 Å². The van der Waals surface area contributed by atoms with Crippen LogP contribution in [0.25, 0.3) is 10.9 Å². The molecule has 22 heavy (non-hydrogen) atoms. The van der Waals surface area contributed by atoms with E-state index < -0.39 is 0 Å². The minimum absolute atomic E-state index is 0.194. The fourth-order valence-corrected chi connectivity index (χ4v) is 3.73. The van der Waals surface area contributed by atoms with Crippen molar-refractivity contribution in [2.75, 3.05) is 0 Å². The maximum atomic E-state index is 2.66. The fraction of sp³-hybridized carbons (Fsp3) is 0.619. The smallest absolute Gasteiger partial charge is 0.0488 e. The number of nitrogens with zero attached hydrogens (tertiary/aromatic N) is 1. The first-order chi connectivity index (χ1) is 10.1. The number of hydrogen-bond acceptors (Lipinski definition) is 0. The molecule has 0 aliphatic heterocycles. The van der Waals surface area contributed by atoms with Crippen molar-refractivity contribution in [3.8, 4) is 0 Å². The van der Waals surface area contributed by atoms with Crippen LogP contribution in [0.1, 0.15) is 78.6 Å². The van der Waals surface area contributed by atoms with Crippen molar-refractivity contribution in [2.24, 2.45) is 5.92 Å². The average Bonchev–Trinajstić information content (AvgIpc) is 2.71. The first-order valence-electron chi connectivity index (χ1n) is 8.73. The molecule has 0 bridgehead atoms. The van der Waals surface area contributed by atoms with Gasteiger partial charge in [-0.2, -0.15) is 0 Å². The molecule has 0 amide bonds. The van der Waals surface area contributed by atoms with E-state index in [1.54, 1.807) is 0 Å². The van der Waals surface area contributed by atoms with Crippen LogP contribution in [0.3, 0.4) is 0 Å². The Morgan fingerprint density at radius 2 is 1.55 bits per heavy atom. The van der Waals surface area contributed by atoms with Crippen molar-refractivity contribution in [2.45, 2.75) is 78.2 Å². The van der Waals surface area contributed by atoms with Crippen LogP contribution in [-0.2, 0) is 10.8 Å². The highest BCUT2D eigenvalue weighted by Gasteiger charge is 2.32. The van der Waals surface area contributed by atoms with E-state index in [1.165, 1.54) is 35.0 Å². The molecule has 1 heterocycles. The molecule has 0 radical (unpaired) electrons. The molecule has 0 unspecified atom stereocenters. The van der Waals surface area contributed by atoms with Crippen LogP contribution in [0, 0.1) is 5.92 Å². The molecular weight excluding hydrogens is 266 g/mol. The number of rotatable bonds is 1. The fourth-order valence-electron chi connectivity index (χ4n) is 3.73. The van der Waals surface area contributed by atoms with Crippen LogP contribution in [-0.4, -0.2) is 4.57 Å². The van der Waals surface area contributed by atoms with E-state index in [1.807, 2.05) is 0 Å². The van der Waals surface area contributed by atoms with E-state index in [0.717, 1.165) is 5.92 Å². The van der Waals surface area contributed by atoms with Crippen molar-refractivity contribution in [1.29, 1.82) is 0 Å². The first-order valence-corrected chi connectivity index (χ1v) is 8.73. The third kappa shape index (κ3) is 2.59. The Balaban J connectivity index is 2.21. The lowest BCUT2D eigenvalue weighted by Gasteiger charge is -2.38. The Kier molecular flexibility index (Phi) is 3.47. The van der Waals surface area contributed by atoms with Gasteiger partial charge in [-0.05, 0) is 47.3 Å². The Labute approximate surface area is 135 Å². The van der Waals surface area contributed by atoms with Crippen LogP contribution in [0.2, 0.25) is 0 Å². The number of aromatic nitrogens is 1. The van der Waals surface area contributed by atoms with Gasteiger partial charge in [-0.1, -0.05) is 60.6 Å². The van der Waals surface area contributed by atoms with E-state index >= 15 is 0 Å². The maximum Gasteiger partial charge on any atom is 0.0488 e. The zero-order valence-electron chi connectivity index (χ0n) is 15.3. The molecule has 1 nitrogen and oxygen atoms in total. The topological polar surface area (TPSA) is 4.93 Å². The average molecular weight is 297 g/mol. The second-order valence-corrected chi connectivity index (χ2v) is 9.40. The molecule has 0 saturated heterocycles. The summed E-state index contributed by atoms with van der Waals surface area (Å²) in [4.78, 5) is 0. The van der Waals surface area contributed by atoms with Crippen molar-refractivity contribution in [3.63, 3.8) is 0 Å². The van der Waals surface area contributed by atoms with Crippen LogP contribution in [0.15, 0.2) is 24.3 Å². The van der Waals surface area contributed by atoms with Gasteiger partial charge in [0.05, 0.1) is 0 Å². The zero-order chi connectivity index (χ0) is 16.3. The van der Waals surface area contributed by atoms with E-state index in [2.05, 4.69) is 77.3 Å². The normalized spacial score (nSPS) is 22.9. The minimum Gasteiger partial charge on any atom is -0.341 e. The summed E-state index contributed by atoms with van der Waals surface area (Å²) in [5.41, 5.74) is 4.77. The lowest BCUT2D eigenvalue weighted by molar-refractivity contribution is 0.212. The molecule has 2 aromatic rings. The largest absolute Gasteiger partial charge is 0.341 e. The highest BCUT2D eigenvalue weighted by Crippen LogP contribution is 2.43. The lowest BCUT2D eigenvalue weighted by atomic mass is 9.80. The van der Waals surface area contributed by atoms with Gasteiger partial charge in [0.15, 0.2) is 0 Å².